The van der Waals surface area contributed by atoms with Crippen LogP contribution in [0.2, 0.25) is 0 Å². The number of hydrogen-bond donors (Lipinski definition) is 3. The number of nitrogens with zero attached hydrogens (tertiary/aromatic N) is 4. The molecule has 0 aromatic heterocycles. The van der Waals surface area contributed by atoms with Gasteiger partial charge in [0, 0.05) is 65.5 Å². The van der Waals surface area contributed by atoms with E-state index in [1.54, 1.807) is 14.0 Å². The Bertz CT molecular complexity index is 922. The molecule has 1 aromatic rings. The number of carbonyl (C=O) groups is 2. The van der Waals surface area contributed by atoms with Crippen LogP contribution in [0.3, 0.4) is 0 Å². The maximum atomic E-state index is 12.0. The Morgan fingerprint density at radius 2 is 1.39 bits per heavy atom. The van der Waals surface area contributed by atoms with Crippen LogP contribution in [-0.4, -0.2) is 178 Å². The average Bonchev–Trinajstić information content (AvgIpc) is 2.97. The van der Waals surface area contributed by atoms with E-state index >= 15 is 0 Å². The summed E-state index contributed by atoms with van der Waals surface area (Å²) in [5.74, 6) is -1.02. The second kappa shape index (κ2) is 22.2. The van der Waals surface area contributed by atoms with E-state index < -0.39 is 18.0 Å². The summed E-state index contributed by atoms with van der Waals surface area (Å²) in [6.07, 6.45) is 0.0321. The molecule has 44 heavy (non-hydrogen) atoms. The van der Waals surface area contributed by atoms with Gasteiger partial charge in [-0.15, -0.1) is 0 Å². The molecule has 0 spiro atoms. The zero-order valence-corrected chi connectivity index (χ0v) is 26.8. The maximum absolute atomic E-state index is 12.0. The first-order valence-corrected chi connectivity index (χ1v) is 15.6. The minimum absolute atomic E-state index is 0.0432. The number of hydrogen-bond acceptors (Lipinski definition) is 11. The number of methoxy groups -OCH3 is 1. The molecule has 252 valence electrons. The Hall–Kier alpha value is -2.36. The number of aliphatic carboxylic acids is 2. The molecule has 13 heteroatoms. The second-order valence-electron chi connectivity index (χ2n) is 11.1. The van der Waals surface area contributed by atoms with E-state index in [0.29, 0.717) is 98.4 Å². The SMILES string of the molecule is CCN1CCN(CC(=O)O)CCN(CC(C)O)C[C@H](Cc2ccc(OCCOCCOCCOC)cc2)N(CC(=O)O)CC1. The third kappa shape index (κ3) is 16.6. The summed E-state index contributed by atoms with van der Waals surface area (Å²) in [5, 5.41) is 29.5. The number of carboxylic acids is 2. The van der Waals surface area contributed by atoms with Crippen molar-refractivity contribution in [2.24, 2.45) is 0 Å². The molecule has 1 unspecified atom stereocenters. The average molecular weight is 627 g/mol. The molecule has 2 atom stereocenters. The Labute approximate surface area is 262 Å². The van der Waals surface area contributed by atoms with Gasteiger partial charge in [-0.3, -0.25) is 24.3 Å². The van der Waals surface area contributed by atoms with Gasteiger partial charge in [-0.25, -0.2) is 0 Å². The number of β-amino-alcohol motifs (C(OH)–C–C–N with tert-alkyl or cyclic N) is 1. The van der Waals surface area contributed by atoms with Crippen molar-refractivity contribution in [3.8, 4) is 5.75 Å². The van der Waals surface area contributed by atoms with E-state index in [0.717, 1.165) is 17.9 Å². The minimum atomic E-state index is -0.882. The maximum Gasteiger partial charge on any atom is 0.317 e. The lowest BCUT2D eigenvalue weighted by molar-refractivity contribution is -0.139. The normalized spacial score (nSPS) is 19.2. The quantitative estimate of drug-likeness (QED) is 0.183. The molecule has 1 saturated heterocycles. The summed E-state index contributed by atoms with van der Waals surface area (Å²) in [6.45, 7) is 12.0. The third-order valence-corrected chi connectivity index (χ3v) is 7.52. The topological polar surface area (TPSA) is 145 Å². The summed E-state index contributed by atoms with van der Waals surface area (Å²) in [4.78, 5) is 31.8. The Morgan fingerprint density at radius 1 is 0.818 bits per heavy atom. The number of ether oxygens (including phenoxy) is 4. The van der Waals surface area contributed by atoms with Crippen LogP contribution in [0.4, 0.5) is 0 Å². The molecule has 1 fully saturated rings. The zero-order valence-electron chi connectivity index (χ0n) is 26.8. The Kier molecular flexibility index (Phi) is 19.1. The van der Waals surface area contributed by atoms with Crippen molar-refractivity contribution in [2.75, 3.05) is 119 Å². The summed E-state index contributed by atoms with van der Waals surface area (Å²) in [5.41, 5.74) is 1.05. The number of aliphatic hydroxyl groups is 1. The fourth-order valence-corrected chi connectivity index (χ4v) is 5.20. The number of benzene rings is 1. The van der Waals surface area contributed by atoms with Crippen molar-refractivity contribution in [3.05, 3.63) is 29.8 Å². The van der Waals surface area contributed by atoms with Crippen molar-refractivity contribution in [3.63, 3.8) is 0 Å². The molecule has 0 amide bonds. The van der Waals surface area contributed by atoms with Gasteiger partial charge in [-0.1, -0.05) is 19.1 Å². The van der Waals surface area contributed by atoms with Crippen LogP contribution in [0.1, 0.15) is 19.4 Å². The highest BCUT2D eigenvalue weighted by atomic mass is 16.6. The highest BCUT2D eigenvalue weighted by Gasteiger charge is 2.26. The van der Waals surface area contributed by atoms with Crippen LogP contribution in [0.5, 0.6) is 5.75 Å². The Morgan fingerprint density at radius 3 is 1.98 bits per heavy atom. The fourth-order valence-electron chi connectivity index (χ4n) is 5.20. The Balaban J connectivity index is 2.10. The van der Waals surface area contributed by atoms with Crippen LogP contribution in [0, 0.1) is 0 Å². The number of carboxylic acid groups (broad SMARTS) is 2. The predicted octanol–water partition coefficient (Wildman–Crippen LogP) is 0.448. The van der Waals surface area contributed by atoms with E-state index in [-0.39, 0.29) is 19.1 Å². The predicted molar refractivity (Wildman–Crippen MR) is 166 cm³/mol. The molecular weight excluding hydrogens is 572 g/mol. The number of aliphatic hydroxyl groups excluding tert-OH is 1. The lowest BCUT2D eigenvalue weighted by Crippen LogP contribution is -2.53. The monoisotopic (exact) mass is 626 g/mol. The summed E-state index contributed by atoms with van der Waals surface area (Å²) in [6, 6.07) is 7.69. The second-order valence-corrected chi connectivity index (χ2v) is 11.1. The van der Waals surface area contributed by atoms with E-state index in [1.807, 2.05) is 34.1 Å². The van der Waals surface area contributed by atoms with Gasteiger partial charge < -0.3 is 39.2 Å². The first kappa shape index (κ1) is 37.8. The molecule has 1 aliphatic heterocycles. The largest absolute Gasteiger partial charge is 0.491 e. The highest BCUT2D eigenvalue weighted by Crippen LogP contribution is 2.17. The molecular formula is C31H54N4O9. The number of rotatable bonds is 19. The van der Waals surface area contributed by atoms with Crippen molar-refractivity contribution in [1.82, 2.24) is 19.6 Å². The first-order chi connectivity index (χ1) is 21.2. The first-order valence-electron chi connectivity index (χ1n) is 15.6. The van der Waals surface area contributed by atoms with Crippen molar-refractivity contribution in [1.29, 1.82) is 0 Å². The van der Waals surface area contributed by atoms with Crippen LogP contribution in [-0.2, 0) is 30.2 Å². The zero-order chi connectivity index (χ0) is 32.2. The van der Waals surface area contributed by atoms with Gasteiger partial charge in [0.1, 0.15) is 12.4 Å². The molecule has 0 saturated carbocycles. The van der Waals surface area contributed by atoms with Crippen molar-refractivity contribution in [2.45, 2.75) is 32.4 Å². The smallest absolute Gasteiger partial charge is 0.317 e. The van der Waals surface area contributed by atoms with Crippen LogP contribution < -0.4 is 4.74 Å². The van der Waals surface area contributed by atoms with Gasteiger partial charge in [0.25, 0.3) is 0 Å². The lowest BCUT2D eigenvalue weighted by atomic mass is 10.0. The molecule has 1 aromatic carbocycles. The molecule has 0 radical (unpaired) electrons. The van der Waals surface area contributed by atoms with Gasteiger partial charge in [0.2, 0.25) is 0 Å². The van der Waals surface area contributed by atoms with Gasteiger partial charge in [-0.2, -0.15) is 0 Å². The van der Waals surface area contributed by atoms with E-state index in [4.69, 9.17) is 18.9 Å². The molecule has 1 heterocycles. The fraction of sp³-hybridized carbons (Fsp3) is 0.742. The highest BCUT2D eigenvalue weighted by molar-refractivity contribution is 5.69. The standard InChI is InChI=1S/C31H54N4O9/c1-4-32-9-10-33(24-30(37)38)11-12-34(22-26(2)36)23-28(35(14-13-32)25-31(39)40)21-27-5-7-29(8-6-27)44-20-19-43-18-17-42-16-15-41-3/h5-8,26,28,36H,4,9-25H2,1-3H3,(H,37,38)(H,39,40)/t26?,28-/m0/s1. The van der Waals surface area contributed by atoms with E-state index in [2.05, 4.69) is 16.7 Å². The van der Waals surface area contributed by atoms with Gasteiger partial charge in [0.15, 0.2) is 0 Å². The molecule has 2 rings (SSSR count). The molecule has 0 aliphatic carbocycles. The summed E-state index contributed by atoms with van der Waals surface area (Å²) < 4.78 is 21.7. The van der Waals surface area contributed by atoms with Gasteiger partial charge >= 0.3 is 11.9 Å². The summed E-state index contributed by atoms with van der Waals surface area (Å²) in [7, 11) is 1.63. The lowest BCUT2D eigenvalue weighted by Gasteiger charge is -2.38. The van der Waals surface area contributed by atoms with Crippen LogP contribution in [0.25, 0.3) is 0 Å². The van der Waals surface area contributed by atoms with Crippen molar-refractivity contribution < 1.29 is 43.9 Å². The minimum Gasteiger partial charge on any atom is -0.491 e. The van der Waals surface area contributed by atoms with Crippen molar-refractivity contribution >= 4 is 11.9 Å². The molecule has 0 bridgehead atoms. The van der Waals surface area contributed by atoms with Crippen LogP contribution >= 0.6 is 0 Å². The molecule has 13 nitrogen and oxygen atoms in total. The third-order valence-electron chi connectivity index (χ3n) is 7.52. The molecule has 3 N–H and O–H groups in total. The number of likely N-dealkylation sites (N-methyl/N-ethyl adjacent to an activating group) is 1. The van der Waals surface area contributed by atoms with Gasteiger partial charge in [0.05, 0.1) is 52.2 Å². The summed E-state index contributed by atoms with van der Waals surface area (Å²) >= 11 is 0. The van der Waals surface area contributed by atoms with Gasteiger partial charge in [-0.05, 0) is 37.6 Å². The van der Waals surface area contributed by atoms with E-state index in [1.165, 1.54) is 0 Å². The van der Waals surface area contributed by atoms with E-state index in [9.17, 15) is 24.9 Å². The molecule has 1 aliphatic rings. The van der Waals surface area contributed by atoms with Crippen LogP contribution in [0.15, 0.2) is 24.3 Å².